The van der Waals surface area contributed by atoms with Crippen molar-refractivity contribution < 1.29 is 27.8 Å². The zero-order valence-electron chi connectivity index (χ0n) is 23.3. The van der Waals surface area contributed by atoms with Gasteiger partial charge in [-0.2, -0.15) is 23.1 Å². The molecule has 0 radical (unpaired) electrons. The van der Waals surface area contributed by atoms with E-state index in [4.69, 9.17) is 10.5 Å². The van der Waals surface area contributed by atoms with Crippen LogP contribution < -0.4 is 20.7 Å². The Kier molecular flexibility index (Phi) is 7.63. The summed E-state index contributed by atoms with van der Waals surface area (Å²) in [6.07, 6.45) is -4.19. The maximum absolute atomic E-state index is 14.3. The molecule has 6 rings (SSSR count). The first-order chi connectivity index (χ1) is 20.5. The maximum atomic E-state index is 14.3. The summed E-state index contributed by atoms with van der Waals surface area (Å²) in [5, 5.41) is 12.8. The van der Waals surface area contributed by atoms with E-state index in [0.717, 1.165) is 40.6 Å². The Morgan fingerprint density at radius 1 is 1.16 bits per heavy atom. The number of ether oxygens (including phenoxy) is 1. The number of anilines is 2. The molecule has 13 heteroatoms. The third kappa shape index (κ3) is 5.83. The fourth-order valence-corrected chi connectivity index (χ4v) is 7.17. The van der Waals surface area contributed by atoms with Crippen molar-refractivity contribution in [3.05, 3.63) is 59.6 Å². The molecule has 4 N–H and O–H groups in total. The zero-order chi connectivity index (χ0) is 30.4. The van der Waals surface area contributed by atoms with Crippen LogP contribution in [0.15, 0.2) is 54.0 Å². The monoisotopic (exact) mass is 612 g/mol. The largest absolute Gasteiger partial charge is 0.480 e. The first kappa shape index (κ1) is 29.1. The van der Waals surface area contributed by atoms with Crippen molar-refractivity contribution in [1.82, 2.24) is 20.3 Å². The van der Waals surface area contributed by atoms with Crippen molar-refractivity contribution in [2.75, 3.05) is 23.7 Å². The molecular formula is C30H31F3N6O3S. The number of carbonyl (C=O) groups is 1. The molecule has 0 aliphatic carbocycles. The third-order valence-electron chi connectivity index (χ3n) is 8.66. The van der Waals surface area contributed by atoms with Gasteiger partial charge in [0, 0.05) is 30.8 Å². The lowest BCUT2D eigenvalue weighted by molar-refractivity contribution is -0.198. The van der Waals surface area contributed by atoms with Crippen LogP contribution in [0.4, 0.5) is 24.9 Å². The van der Waals surface area contributed by atoms with Gasteiger partial charge in [-0.05, 0) is 54.4 Å². The summed E-state index contributed by atoms with van der Waals surface area (Å²) < 4.78 is 49.3. The summed E-state index contributed by atoms with van der Waals surface area (Å²) in [4.78, 5) is 26.1. The Balaban J connectivity index is 1.19. The fraction of sp³-hybridized carbons (Fsp3) is 0.400. The minimum absolute atomic E-state index is 0.0684. The molecule has 9 nitrogen and oxygen atoms in total. The number of carboxylic acid groups (broad SMARTS) is 1. The summed E-state index contributed by atoms with van der Waals surface area (Å²) >= 11 is 1.50. The highest BCUT2D eigenvalue weighted by molar-refractivity contribution is 7.16. The number of aliphatic carboxylic acids is 1. The van der Waals surface area contributed by atoms with E-state index in [1.165, 1.54) is 29.5 Å². The third-order valence-corrected chi connectivity index (χ3v) is 9.45. The van der Waals surface area contributed by atoms with E-state index in [-0.39, 0.29) is 28.8 Å². The first-order valence-corrected chi connectivity index (χ1v) is 15.0. The lowest BCUT2D eigenvalue weighted by Gasteiger charge is -2.43. The molecule has 2 aromatic carbocycles. The topological polar surface area (TPSA) is 126 Å². The van der Waals surface area contributed by atoms with Crippen molar-refractivity contribution in [2.24, 2.45) is 5.41 Å². The standard InChI is InChI=1S/C30H31F3N6O3S/c1-2-23-29(15-21(36-23)27(40)41)9-11-39(12-10-29)24-14-25(38-28(34)37-24)42-26(30(31,32)33)18-5-3-17(4-6-18)19-7-8-20-22(13-19)43-16-35-20/h3-8,13-14,16,21,23,26,36H,2,9-12,15H2,1H3,(H,40,41)(H2,34,37,38)/t21?,23?,26-/m1/s1. The number of piperidine rings is 1. The molecule has 0 amide bonds. The highest BCUT2D eigenvalue weighted by atomic mass is 32.1. The van der Waals surface area contributed by atoms with Gasteiger partial charge in [-0.15, -0.1) is 11.3 Å². The predicted octanol–water partition coefficient (Wildman–Crippen LogP) is 5.83. The lowest BCUT2D eigenvalue weighted by atomic mass is 9.71. The van der Waals surface area contributed by atoms with E-state index in [9.17, 15) is 23.1 Å². The molecule has 43 heavy (non-hydrogen) atoms. The number of halogens is 3. The Morgan fingerprint density at radius 3 is 2.56 bits per heavy atom. The van der Waals surface area contributed by atoms with Crippen LogP contribution in [0, 0.1) is 5.41 Å². The maximum Gasteiger partial charge on any atom is 0.429 e. The number of aromatic nitrogens is 3. The molecule has 1 spiro atoms. The van der Waals surface area contributed by atoms with Crippen LogP contribution in [-0.2, 0) is 4.79 Å². The number of alkyl halides is 3. The number of nitrogen functional groups attached to an aromatic ring is 1. The molecule has 0 saturated carbocycles. The number of hydrogen-bond acceptors (Lipinski definition) is 9. The minimum Gasteiger partial charge on any atom is -0.480 e. The van der Waals surface area contributed by atoms with Crippen LogP contribution in [0.3, 0.4) is 0 Å². The number of nitrogens with zero attached hydrogens (tertiary/aromatic N) is 4. The van der Waals surface area contributed by atoms with Gasteiger partial charge in [0.2, 0.25) is 17.9 Å². The molecule has 226 valence electrons. The van der Waals surface area contributed by atoms with Crippen LogP contribution >= 0.6 is 11.3 Å². The molecule has 2 fully saturated rings. The first-order valence-electron chi connectivity index (χ1n) is 14.1. The average Bonchev–Trinajstić information content (AvgIpc) is 3.60. The summed E-state index contributed by atoms with van der Waals surface area (Å²) in [7, 11) is 0. The summed E-state index contributed by atoms with van der Waals surface area (Å²) in [6, 6.07) is 12.7. The SMILES string of the molecule is CCC1NC(C(=O)O)CC12CCN(c1cc(O[C@H](c3ccc(-c4ccc5ncsc5c4)cc3)C(F)(F)F)nc(N)n1)CC2. The van der Waals surface area contributed by atoms with Crippen molar-refractivity contribution in [2.45, 2.75) is 57.0 Å². The second kappa shape index (κ2) is 11.3. The van der Waals surface area contributed by atoms with Crippen LogP contribution in [0.25, 0.3) is 21.3 Å². The van der Waals surface area contributed by atoms with Gasteiger partial charge in [-0.3, -0.25) is 4.79 Å². The number of fused-ring (bicyclic) bond motifs is 1. The van der Waals surface area contributed by atoms with Crippen LogP contribution in [0.5, 0.6) is 5.88 Å². The van der Waals surface area contributed by atoms with Gasteiger partial charge in [0.05, 0.1) is 15.7 Å². The van der Waals surface area contributed by atoms with E-state index in [0.29, 0.717) is 25.3 Å². The Hall–Kier alpha value is -3.97. The van der Waals surface area contributed by atoms with Gasteiger partial charge in [0.15, 0.2) is 0 Å². The lowest BCUT2D eigenvalue weighted by Crippen LogP contribution is -2.46. The molecule has 3 atom stereocenters. The van der Waals surface area contributed by atoms with Gasteiger partial charge in [0.1, 0.15) is 11.9 Å². The molecular weight excluding hydrogens is 581 g/mol. The van der Waals surface area contributed by atoms with Crippen LogP contribution in [-0.4, -0.2) is 57.4 Å². The number of nitrogens with two attached hydrogens (primary N) is 1. The number of rotatable bonds is 7. The Bertz CT molecular complexity index is 1620. The average molecular weight is 613 g/mol. The van der Waals surface area contributed by atoms with E-state index < -0.39 is 24.3 Å². The molecule has 0 bridgehead atoms. The van der Waals surface area contributed by atoms with Gasteiger partial charge >= 0.3 is 12.1 Å². The Labute approximate surface area is 249 Å². The number of carboxylic acids is 1. The van der Waals surface area contributed by atoms with Crippen molar-refractivity contribution >= 4 is 39.3 Å². The second-order valence-corrected chi connectivity index (χ2v) is 12.1. The highest BCUT2D eigenvalue weighted by Gasteiger charge is 2.50. The fourth-order valence-electron chi connectivity index (χ4n) is 6.45. The van der Waals surface area contributed by atoms with Gasteiger partial charge in [0.25, 0.3) is 0 Å². The molecule has 4 heterocycles. The predicted molar refractivity (Wildman–Crippen MR) is 158 cm³/mol. The molecule has 2 saturated heterocycles. The minimum atomic E-state index is -4.72. The molecule has 2 aromatic heterocycles. The van der Waals surface area contributed by atoms with E-state index >= 15 is 0 Å². The van der Waals surface area contributed by atoms with E-state index in [2.05, 4.69) is 20.3 Å². The summed E-state index contributed by atoms with van der Waals surface area (Å²) in [5.74, 6) is -0.942. The van der Waals surface area contributed by atoms with Crippen molar-refractivity contribution in [3.8, 4) is 17.0 Å². The van der Waals surface area contributed by atoms with Gasteiger partial charge < -0.3 is 25.8 Å². The smallest absolute Gasteiger partial charge is 0.429 e. The van der Waals surface area contributed by atoms with Crippen LogP contribution in [0.1, 0.15) is 44.3 Å². The number of thiazole rings is 1. The Morgan fingerprint density at radius 2 is 1.88 bits per heavy atom. The summed E-state index contributed by atoms with van der Waals surface area (Å²) in [6.45, 7) is 3.15. The van der Waals surface area contributed by atoms with Crippen molar-refractivity contribution in [3.63, 3.8) is 0 Å². The quantitative estimate of drug-likeness (QED) is 0.236. The number of nitrogens with one attached hydrogen (secondary N) is 1. The molecule has 4 aromatic rings. The van der Waals surface area contributed by atoms with Crippen molar-refractivity contribution in [1.29, 1.82) is 0 Å². The normalized spacial score (nSPS) is 20.9. The summed E-state index contributed by atoms with van der Waals surface area (Å²) in [5.41, 5.74) is 9.97. The van der Waals surface area contributed by atoms with Gasteiger partial charge in [-0.1, -0.05) is 37.3 Å². The van der Waals surface area contributed by atoms with Crippen LogP contribution in [0.2, 0.25) is 0 Å². The number of hydrogen-bond donors (Lipinski definition) is 3. The zero-order valence-corrected chi connectivity index (χ0v) is 24.2. The van der Waals surface area contributed by atoms with Gasteiger partial charge in [-0.25, -0.2) is 4.98 Å². The molecule has 2 aliphatic rings. The van der Waals surface area contributed by atoms with E-state index in [1.54, 1.807) is 17.6 Å². The second-order valence-electron chi connectivity index (χ2n) is 11.2. The highest BCUT2D eigenvalue weighted by Crippen LogP contribution is 2.46. The van der Waals surface area contributed by atoms with E-state index in [1.807, 2.05) is 30.0 Å². The number of benzene rings is 2. The molecule has 2 unspecified atom stereocenters. The molecule has 2 aliphatic heterocycles.